The largest absolute Gasteiger partial charge is 0.373 e. The number of anilines is 2. The molecule has 2 aromatic carbocycles. The van der Waals surface area contributed by atoms with Crippen LogP contribution in [-0.4, -0.2) is 17.9 Å². The number of hydrogen-bond donors (Lipinski definition) is 1. The first kappa shape index (κ1) is 15.5. The average molecular weight is 333 g/mol. The predicted octanol–water partition coefficient (Wildman–Crippen LogP) is 3.53. The third-order valence-corrected chi connectivity index (χ3v) is 4.13. The zero-order valence-corrected chi connectivity index (χ0v) is 13.1. The summed E-state index contributed by atoms with van der Waals surface area (Å²) in [4.78, 5) is 25.8. The van der Waals surface area contributed by atoms with Crippen LogP contribution in [0, 0.1) is 12.7 Å². The summed E-state index contributed by atoms with van der Waals surface area (Å²) in [6.45, 7) is 1.84. The van der Waals surface area contributed by atoms with Gasteiger partial charge < -0.3 is 5.32 Å². The number of nitrogens with zero attached hydrogens (tertiary/aromatic N) is 1. The van der Waals surface area contributed by atoms with Gasteiger partial charge in [-0.1, -0.05) is 23.7 Å². The van der Waals surface area contributed by atoms with Crippen LogP contribution >= 0.6 is 11.6 Å². The molecule has 1 aliphatic rings. The third-order valence-electron chi connectivity index (χ3n) is 3.73. The van der Waals surface area contributed by atoms with E-state index < -0.39 is 11.9 Å². The molecule has 4 nitrogen and oxygen atoms in total. The Balaban J connectivity index is 1.83. The molecule has 0 bridgehead atoms. The van der Waals surface area contributed by atoms with Gasteiger partial charge in [0.2, 0.25) is 5.91 Å². The summed E-state index contributed by atoms with van der Waals surface area (Å²) in [5, 5.41) is 3.39. The summed E-state index contributed by atoms with van der Waals surface area (Å²) in [6, 6.07) is 10.1. The highest BCUT2D eigenvalue weighted by Crippen LogP contribution is 2.28. The third kappa shape index (κ3) is 3.05. The maximum atomic E-state index is 13.2. The number of imide groups is 1. The van der Waals surface area contributed by atoms with Gasteiger partial charge in [-0.15, -0.1) is 0 Å². The SMILES string of the molecule is Cc1ccc(N2C(=O)C[C@@H](Nc3cccc(F)c3)C2=O)cc1Cl. The first-order valence-electron chi connectivity index (χ1n) is 7.11. The van der Waals surface area contributed by atoms with Crippen molar-refractivity contribution in [3.63, 3.8) is 0 Å². The first-order chi connectivity index (χ1) is 11.0. The Labute approximate surface area is 137 Å². The molecule has 0 aromatic heterocycles. The summed E-state index contributed by atoms with van der Waals surface area (Å²) in [6.07, 6.45) is 0.0147. The van der Waals surface area contributed by atoms with E-state index in [2.05, 4.69) is 5.32 Å². The van der Waals surface area contributed by atoms with Crippen LogP contribution in [0.2, 0.25) is 5.02 Å². The highest BCUT2D eigenvalue weighted by atomic mass is 35.5. The number of aryl methyl sites for hydroxylation is 1. The van der Waals surface area contributed by atoms with Gasteiger partial charge in [-0.05, 0) is 42.8 Å². The summed E-state index contributed by atoms with van der Waals surface area (Å²) >= 11 is 6.06. The molecule has 1 N–H and O–H groups in total. The Hall–Kier alpha value is -2.40. The smallest absolute Gasteiger partial charge is 0.256 e. The number of carbonyl (C=O) groups is 2. The zero-order valence-electron chi connectivity index (χ0n) is 12.3. The number of hydrogen-bond acceptors (Lipinski definition) is 3. The fraction of sp³-hybridized carbons (Fsp3) is 0.176. The minimum absolute atomic E-state index is 0.0147. The number of nitrogens with one attached hydrogen (secondary N) is 1. The Morgan fingerprint density at radius 3 is 2.70 bits per heavy atom. The second-order valence-corrected chi connectivity index (χ2v) is 5.82. The topological polar surface area (TPSA) is 49.4 Å². The normalized spacial score (nSPS) is 17.7. The van der Waals surface area contributed by atoms with Gasteiger partial charge in [0.05, 0.1) is 12.1 Å². The van der Waals surface area contributed by atoms with E-state index in [0.29, 0.717) is 16.4 Å². The van der Waals surface area contributed by atoms with E-state index in [-0.39, 0.29) is 18.2 Å². The molecule has 118 valence electrons. The van der Waals surface area contributed by atoms with Crippen molar-refractivity contribution in [3.05, 3.63) is 58.9 Å². The fourth-order valence-corrected chi connectivity index (χ4v) is 2.69. The number of amides is 2. The minimum Gasteiger partial charge on any atom is -0.373 e. The van der Waals surface area contributed by atoms with E-state index in [1.54, 1.807) is 24.3 Å². The van der Waals surface area contributed by atoms with Crippen molar-refractivity contribution in [2.24, 2.45) is 0 Å². The van der Waals surface area contributed by atoms with Crippen molar-refractivity contribution in [2.45, 2.75) is 19.4 Å². The van der Waals surface area contributed by atoms with Gasteiger partial charge in [0.15, 0.2) is 0 Å². The lowest BCUT2D eigenvalue weighted by Crippen LogP contribution is -2.34. The van der Waals surface area contributed by atoms with Crippen LogP contribution in [0.4, 0.5) is 15.8 Å². The number of rotatable bonds is 3. The molecular weight excluding hydrogens is 319 g/mol. The van der Waals surface area contributed by atoms with E-state index in [4.69, 9.17) is 11.6 Å². The van der Waals surface area contributed by atoms with Crippen molar-refractivity contribution in [3.8, 4) is 0 Å². The molecule has 1 aliphatic heterocycles. The highest BCUT2D eigenvalue weighted by molar-refractivity contribution is 6.32. The molecule has 1 heterocycles. The highest BCUT2D eigenvalue weighted by Gasteiger charge is 2.39. The lowest BCUT2D eigenvalue weighted by Gasteiger charge is -2.17. The molecule has 0 spiro atoms. The summed E-state index contributed by atoms with van der Waals surface area (Å²) < 4.78 is 13.2. The van der Waals surface area contributed by atoms with Crippen LogP contribution in [0.1, 0.15) is 12.0 Å². The Morgan fingerprint density at radius 1 is 1.22 bits per heavy atom. The van der Waals surface area contributed by atoms with Gasteiger partial charge >= 0.3 is 0 Å². The molecule has 1 saturated heterocycles. The maximum absolute atomic E-state index is 13.2. The predicted molar refractivity (Wildman–Crippen MR) is 87.1 cm³/mol. The van der Waals surface area contributed by atoms with Crippen LogP contribution < -0.4 is 10.2 Å². The molecule has 1 atom stereocenters. The van der Waals surface area contributed by atoms with Crippen LogP contribution in [0.5, 0.6) is 0 Å². The van der Waals surface area contributed by atoms with Crippen LogP contribution in [-0.2, 0) is 9.59 Å². The monoisotopic (exact) mass is 332 g/mol. The van der Waals surface area contributed by atoms with E-state index >= 15 is 0 Å². The second kappa shape index (κ2) is 6.01. The Bertz CT molecular complexity index is 794. The Kier molecular flexibility index (Phi) is 4.05. The first-order valence-corrected chi connectivity index (χ1v) is 7.48. The van der Waals surface area contributed by atoms with Crippen molar-refractivity contribution in [1.82, 2.24) is 0 Å². The van der Waals surface area contributed by atoms with Crippen LogP contribution in [0.15, 0.2) is 42.5 Å². The molecule has 6 heteroatoms. The van der Waals surface area contributed by atoms with E-state index in [9.17, 15) is 14.0 Å². The Morgan fingerprint density at radius 2 is 2.00 bits per heavy atom. The molecule has 23 heavy (non-hydrogen) atoms. The van der Waals surface area contributed by atoms with Crippen molar-refractivity contribution in [2.75, 3.05) is 10.2 Å². The van der Waals surface area contributed by atoms with Gasteiger partial charge in [0, 0.05) is 10.7 Å². The average Bonchev–Trinajstić information content (AvgIpc) is 2.77. The van der Waals surface area contributed by atoms with Gasteiger partial charge in [0.1, 0.15) is 11.9 Å². The number of carbonyl (C=O) groups excluding carboxylic acids is 2. The standard InChI is InChI=1S/C17H14ClFN2O2/c1-10-5-6-13(8-14(10)18)21-16(22)9-15(17(21)23)20-12-4-2-3-11(19)7-12/h2-8,15,20H,9H2,1H3/t15-/m1/s1. The van der Waals surface area contributed by atoms with Crippen molar-refractivity contribution < 1.29 is 14.0 Å². The number of benzene rings is 2. The molecule has 2 aromatic rings. The summed E-state index contributed by atoms with van der Waals surface area (Å²) in [5.41, 5.74) is 1.77. The van der Waals surface area contributed by atoms with Gasteiger partial charge in [0.25, 0.3) is 5.91 Å². The van der Waals surface area contributed by atoms with Crippen molar-refractivity contribution >= 4 is 34.8 Å². The number of halogens is 2. The molecule has 0 radical (unpaired) electrons. The second-order valence-electron chi connectivity index (χ2n) is 5.41. The van der Waals surface area contributed by atoms with Crippen LogP contribution in [0.3, 0.4) is 0 Å². The zero-order chi connectivity index (χ0) is 16.6. The lowest BCUT2D eigenvalue weighted by atomic mass is 10.2. The molecule has 3 rings (SSSR count). The molecule has 1 fully saturated rings. The van der Waals surface area contributed by atoms with Gasteiger partial charge in [-0.2, -0.15) is 0 Å². The van der Waals surface area contributed by atoms with E-state index in [1.807, 2.05) is 6.92 Å². The quantitative estimate of drug-likeness (QED) is 0.875. The molecule has 0 saturated carbocycles. The van der Waals surface area contributed by atoms with E-state index in [0.717, 1.165) is 10.5 Å². The summed E-state index contributed by atoms with van der Waals surface area (Å²) in [5.74, 6) is -1.10. The fourth-order valence-electron chi connectivity index (χ4n) is 2.52. The maximum Gasteiger partial charge on any atom is 0.256 e. The summed E-state index contributed by atoms with van der Waals surface area (Å²) in [7, 11) is 0. The molecule has 2 amide bonds. The van der Waals surface area contributed by atoms with E-state index in [1.165, 1.54) is 18.2 Å². The molecule has 0 aliphatic carbocycles. The lowest BCUT2D eigenvalue weighted by molar-refractivity contribution is -0.121. The van der Waals surface area contributed by atoms with Crippen molar-refractivity contribution in [1.29, 1.82) is 0 Å². The molecular formula is C17H14ClFN2O2. The van der Waals surface area contributed by atoms with Gasteiger partial charge in [-0.3, -0.25) is 9.59 Å². The minimum atomic E-state index is -0.718. The van der Waals surface area contributed by atoms with Gasteiger partial charge in [-0.25, -0.2) is 9.29 Å². The molecule has 0 unspecified atom stereocenters. The van der Waals surface area contributed by atoms with Crippen LogP contribution in [0.25, 0.3) is 0 Å².